The minimum absolute atomic E-state index is 0.238. The maximum absolute atomic E-state index is 13.6. The number of halogens is 3. The van der Waals surface area contributed by atoms with Crippen LogP contribution < -0.4 is 9.91 Å². The van der Waals surface area contributed by atoms with E-state index < -0.39 is 12.0 Å². The van der Waals surface area contributed by atoms with Gasteiger partial charge in [0.2, 0.25) is 5.91 Å². The Labute approximate surface area is 197 Å². The molecule has 3 aromatic rings. The Kier molecular flexibility index (Phi) is 5.08. The summed E-state index contributed by atoms with van der Waals surface area (Å²) in [6.45, 7) is 0. The fourth-order valence-electron chi connectivity index (χ4n) is 3.97. The molecule has 0 unspecified atom stereocenters. The number of anilines is 2. The van der Waals surface area contributed by atoms with Crippen molar-refractivity contribution in [2.45, 2.75) is 6.04 Å². The number of imide groups is 1. The highest BCUT2D eigenvalue weighted by Gasteiger charge is 2.57. The van der Waals surface area contributed by atoms with Crippen LogP contribution in [0.4, 0.5) is 11.4 Å². The van der Waals surface area contributed by atoms with Crippen LogP contribution in [0.2, 0.25) is 10.0 Å². The number of hydrogen-bond acceptors (Lipinski definition) is 4. The SMILES string of the molecule is O=C1[C@H]2C(c3ccc(Br)cc3)=NN(c3ccccc3)[C@H]2C(=O)N1c1ccc(Cl)cc1Cl. The standard InChI is InChI=1S/C23H14BrCl2N3O2/c24-14-8-6-13(7-9-14)20-19-21(29(27-20)16-4-2-1-3-5-16)23(31)28(22(19)30)18-11-10-15(25)12-17(18)26/h1-12,19,21H/t19-,21+/m0/s1. The van der Waals surface area contributed by atoms with Gasteiger partial charge < -0.3 is 0 Å². The number of amides is 2. The van der Waals surface area contributed by atoms with Crippen LogP contribution in [0.5, 0.6) is 0 Å². The van der Waals surface area contributed by atoms with E-state index >= 15 is 0 Å². The zero-order valence-corrected chi connectivity index (χ0v) is 19.0. The molecule has 3 aromatic carbocycles. The van der Waals surface area contributed by atoms with Gasteiger partial charge in [0.05, 0.1) is 22.1 Å². The molecule has 2 aliphatic rings. The molecule has 0 bridgehead atoms. The van der Waals surface area contributed by atoms with Crippen molar-refractivity contribution in [3.8, 4) is 0 Å². The van der Waals surface area contributed by atoms with Gasteiger partial charge >= 0.3 is 0 Å². The lowest BCUT2D eigenvalue weighted by Crippen LogP contribution is -2.39. The van der Waals surface area contributed by atoms with E-state index in [4.69, 9.17) is 28.3 Å². The van der Waals surface area contributed by atoms with E-state index in [0.29, 0.717) is 16.4 Å². The van der Waals surface area contributed by atoms with Crippen molar-refractivity contribution < 1.29 is 9.59 Å². The van der Waals surface area contributed by atoms with E-state index in [0.717, 1.165) is 20.6 Å². The molecule has 154 valence electrons. The Bertz CT molecular complexity index is 1230. The van der Waals surface area contributed by atoms with Crippen molar-refractivity contribution >= 4 is 68.0 Å². The summed E-state index contributed by atoms with van der Waals surface area (Å²) in [5.41, 5.74) is 2.38. The van der Waals surface area contributed by atoms with E-state index in [1.807, 2.05) is 54.6 Å². The van der Waals surface area contributed by atoms with Gasteiger partial charge in [-0.1, -0.05) is 69.5 Å². The molecule has 2 aliphatic heterocycles. The van der Waals surface area contributed by atoms with Gasteiger partial charge in [-0.3, -0.25) is 14.6 Å². The van der Waals surface area contributed by atoms with Crippen LogP contribution in [-0.4, -0.2) is 23.6 Å². The van der Waals surface area contributed by atoms with Crippen LogP contribution in [-0.2, 0) is 9.59 Å². The first-order chi connectivity index (χ1) is 15.0. The summed E-state index contributed by atoms with van der Waals surface area (Å²) >= 11 is 15.8. The molecular weight excluding hydrogens is 501 g/mol. The van der Waals surface area contributed by atoms with Crippen LogP contribution >= 0.6 is 39.1 Å². The van der Waals surface area contributed by atoms with Gasteiger partial charge in [0.25, 0.3) is 5.91 Å². The monoisotopic (exact) mass is 513 g/mol. The number of benzene rings is 3. The average Bonchev–Trinajstić information content (AvgIpc) is 3.27. The van der Waals surface area contributed by atoms with E-state index in [1.54, 1.807) is 17.1 Å². The molecule has 8 heteroatoms. The van der Waals surface area contributed by atoms with Crippen LogP contribution in [0.15, 0.2) is 82.4 Å². The van der Waals surface area contributed by atoms with Crippen LogP contribution in [0.1, 0.15) is 5.56 Å². The second kappa shape index (κ2) is 7.79. The molecule has 31 heavy (non-hydrogen) atoms. The third-order valence-electron chi connectivity index (χ3n) is 5.36. The highest BCUT2D eigenvalue weighted by atomic mass is 79.9. The predicted molar refractivity (Wildman–Crippen MR) is 126 cm³/mol. The third kappa shape index (κ3) is 3.35. The molecule has 0 N–H and O–H groups in total. The van der Waals surface area contributed by atoms with Gasteiger partial charge in [-0.15, -0.1) is 0 Å². The van der Waals surface area contributed by atoms with Gasteiger partial charge in [-0.05, 0) is 48.0 Å². The number of hydrogen-bond donors (Lipinski definition) is 0. The molecule has 1 fully saturated rings. The molecule has 0 saturated carbocycles. The number of rotatable bonds is 3. The highest BCUT2D eigenvalue weighted by Crippen LogP contribution is 2.41. The molecule has 1 saturated heterocycles. The first-order valence-corrected chi connectivity index (χ1v) is 11.0. The molecule has 2 heterocycles. The Morgan fingerprint density at radius 3 is 2.26 bits per heavy atom. The Hall–Kier alpha value is -2.67. The first-order valence-electron chi connectivity index (χ1n) is 9.47. The summed E-state index contributed by atoms with van der Waals surface area (Å²) in [6.07, 6.45) is 0. The zero-order chi connectivity index (χ0) is 21.7. The maximum atomic E-state index is 13.6. The second-order valence-corrected chi connectivity index (χ2v) is 8.96. The summed E-state index contributed by atoms with van der Waals surface area (Å²) in [4.78, 5) is 28.3. The lowest BCUT2D eigenvalue weighted by Gasteiger charge is -2.22. The highest BCUT2D eigenvalue weighted by molar-refractivity contribution is 9.10. The predicted octanol–water partition coefficient (Wildman–Crippen LogP) is 5.54. The third-order valence-corrected chi connectivity index (χ3v) is 6.43. The lowest BCUT2D eigenvalue weighted by molar-refractivity contribution is -0.121. The van der Waals surface area contributed by atoms with Gasteiger partial charge in [0, 0.05) is 9.50 Å². The lowest BCUT2D eigenvalue weighted by atomic mass is 9.93. The minimum atomic E-state index is -0.791. The number of carbonyl (C=O) groups is 2. The van der Waals surface area contributed by atoms with Gasteiger partial charge in [-0.2, -0.15) is 5.10 Å². The first kappa shape index (κ1) is 20.2. The fourth-order valence-corrected chi connectivity index (χ4v) is 4.72. The molecule has 0 radical (unpaired) electrons. The minimum Gasteiger partial charge on any atom is -0.273 e. The molecule has 2 amide bonds. The Morgan fingerprint density at radius 1 is 0.871 bits per heavy atom. The summed E-state index contributed by atoms with van der Waals surface area (Å²) < 4.78 is 0.912. The second-order valence-electron chi connectivity index (χ2n) is 7.20. The maximum Gasteiger partial charge on any atom is 0.259 e. The number of nitrogens with zero attached hydrogens (tertiary/aromatic N) is 3. The molecule has 5 nitrogen and oxygen atoms in total. The summed E-state index contributed by atoms with van der Waals surface area (Å²) in [7, 11) is 0. The van der Waals surface area contributed by atoms with E-state index in [-0.39, 0.29) is 16.8 Å². The number of fused-ring (bicyclic) bond motifs is 1. The number of hydrazone groups is 1. The largest absolute Gasteiger partial charge is 0.273 e. The van der Waals surface area contributed by atoms with Gasteiger partial charge in [0.15, 0.2) is 0 Å². The summed E-state index contributed by atoms with van der Waals surface area (Å²) in [6, 6.07) is 20.8. The molecule has 0 aromatic heterocycles. The molecule has 5 rings (SSSR count). The summed E-state index contributed by atoms with van der Waals surface area (Å²) in [5, 5.41) is 7.02. The van der Waals surface area contributed by atoms with E-state index in [1.165, 1.54) is 6.07 Å². The van der Waals surface area contributed by atoms with Crippen molar-refractivity contribution in [3.05, 3.63) is 92.9 Å². The molecular formula is C23H14BrCl2N3O2. The summed E-state index contributed by atoms with van der Waals surface area (Å²) in [5.74, 6) is -1.49. The van der Waals surface area contributed by atoms with Crippen molar-refractivity contribution in [1.82, 2.24) is 0 Å². The van der Waals surface area contributed by atoms with Crippen molar-refractivity contribution in [2.75, 3.05) is 9.91 Å². The Morgan fingerprint density at radius 2 is 1.58 bits per heavy atom. The quantitative estimate of drug-likeness (QED) is 0.431. The van der Waals surface area contributed by atoms with Crippen molar-refractivity contribution in [2.24, 2.45) is 11.0 Å². The molecule has 0 aliphatic carbocycles. The van der Waals surface area contributed by atoms with Crippen molar-refractivity contribution in [1.29, 1.82) is 0 Å². The average molecular weight is 515 g/mol. The number of para-hydroxylation sites is 1. The van der Waals surface area contributed by atoms with E-state index in [2.05, 4.69) is 15.9 Å². The smallest absolute Gasteiger partial charge is 0.259 e. The Balaban J connectivity index is 1.64. The van der Waals surface area contributed by atoms with Crippen LogP contribution in [0, 0.1) is 5.92 Å². The zero-order valence-electron chi connectivity index (χ0n) is 15.9. The van der Waals surface area contributed by atoms with Crippen LogP contribution in [0.25, 0.3) is 0 Å². The van der Waals surface area contributed by atoms with Gasteiger partial charge in [-0.25, -0.2) is 4.90 Å². The van der Waals surface area contributed by atoms with Gasteiger partial charge in [0.1, 0.15) is 12.0 Å². The number of carbonyl (C=O) groups excluding carboxylic acids is 2. The molecule has 2 atom stereocenters. The van der Waals surface area contributed by atoms with Crippen LogP contribution in [0.3, 0.4) is 0 Å². The van der Waals surface area contributed by atoms with Crippen molar-refractivity contribution in [3.63, 3.8) is 0 Å². The topological polar surface area (TPSA) is 53.0 Å². The molecule has 0 spiro atoms. The fraction of sp³-hybridized carbons (Fsp3) is 0.0870. The normalized spacial score (nSPS) is 20.3. The van der Waals surface area contributed by atoms with E-state index in [9.17, 15) is 9.59 Å².